The number of thiocarbonyl (C=S) groups is 1. The molecule has 4 rings (SSSR count). The van der Waals surface area contributed by atoms with Crippen LogP contribution < -0.4 is 9.47 Å². The molecule has 0 saturated carbocycles. The molecule has 1 atom stereocenters. The molecule has 6 nitrogen and oxygen atoms in total. The van der Waals surface area contributed by atoms with E-state index in [-0.39, 0.29) is 21.5 Å². The number of hydrogen-bond acceptors (Lipinski definition) is 7. The Morgan fingerprint density at radius 3 is 2.58 bits per heavy atom. The first-order chi connectivity index (χ1) is 18.2. The van der Waals surface area contributed by atoms with E-state index in [1.807, 2.05) is 6.07 Å². The van der Waals surface area contributed by atoms with Crippen molar-refractivity contribution >= 4 is 73.8 Å². The van der Waals surface area contributed by atoms with Crippen molar-refractivity contribution in [2.75, 3.05) is 14.2 Å². The second-order valence-corrected chi connectivity index (χ2v) is 10.8. The van der Waals surface area contributed by atoms with E-state index in [9.17, 15) is 14.0 Å². The lowest BCUT2D eigenvalue weighted by atomic mass is 10.1. The van der Waals surface area contributed by atoms with Crippen LogP contribution in [0, 0.1) is 5.82 Å². The van der Waals surface area contributed by atoms with Gasteiger partial charge in [-0.2, -0.15) is 0 Å². The summed E-state index contributed by atoms with van der Waals surface area (Å²) in [5.41, 5.74) is 1.41. The van der Waals surface area contributed by atoms with Crippen LogP contribution in [0.3, 0.4) is 0 Å². The van der Waals surface area contributed by atoms with E-state index >= 15 is 0 Å². The summed E-state index contributed by atoms with van der Waals surface area (Å²) >= 11 is 16.1. The van der Waals surface area contributed by atoms with Gasteiger partial charge in [0.25, 0.3) is 5.91 Å². The lowest BCUT2D eigenvalue weighted by Gasteiger charge is -2.24. The molecule has 1 unspecified atom stereocenters. The van der Waals surface area contributed by atoms with Gasteiger partial charge in [-0.15, -0.1) is 0 Å². The number of thioether (sulfide) groups is 1. The maximum atomic E-state index is 14.2. The van der Waals surface area contributed by atoms with Crippen molar-refractivity contribution in [3.8, 4) is 11.5 Å². The van der Waals surface area contributed by atoms with Crippen molar-refractivity contribution < 1.29 is 28.2 Å². The average molecular weight is 637 g/mol. The Morgan fingerprint density at radius 2 is 1.92 bits per heavy atom. The molecule has 1 saturated heterocycles. The fraction of sp³-hybridized carbons (Fsp3) is 0.148. The van der Waals surface area contributed by atoms with E-state index < -0.39 is 23.7 Å². The fourth-order valence-electron chi connectivity index (χ4n) is 3.77. The van der Waals surface area contributed by atoms with Gasteiger partial charge < -0.3 is 14.2 Å². The van der Waals surface area contributed by atoms with Gasteiger partial charge in [-0.05, 0) is 57.4 Å². The molecule has 0 spiro atoms. The highest BCUT2D eigenvalue weighted by molar-refractivity contribution is 9.10. The molecule has 38 heavy (non-hydrogen) atoms. The number of halogens is 3. The molecule has 0 radical (unpaired) electrons. The summed E-state index contributed by atoms with van der Waals surface area (Å²) in [6.45, 7) is -0.118. The summed E-state index contributed by atoms with van der Waals surface area (Å²) in [5, 5.41) is 0.250. The Morgan fingerprint density at radius 1 is 1.18 bits per heavy atom. The van der Waals surface area contributed by atoms with Gasteiger partial charge in [0.2, 0.25) is 0 Å². The quantitative estimate of drug-likeness (QED) is 0.151. The molecule has 1 aliphatic heterocycles. The molecule has 11 heteroatoms. The number of carbonyl (C=O) groups excluding carboxylic acids is 2. The number of amides is 1. The van der Waals surface area contributed by atoms with Gasteiger partial charge in [0.1, 0.15) is 16.7 Å². The molecule has 3 aromatic rings. The number of hydrogen-bond donors (Lipinski definition) is 0. The second-order valence-electron chi connectivity index (χ2n) is 7.91. The molecule has 1 fully saturated rings. The van der Waals surface area contributed by atoms with Crippen LogP contribution in [0.2, 0.25) is 5.02 Å². The molecule has 0 N–H and O–H groups in total. The van der Waals surface area contributed by atoms with Crippen molar-refractivity contribution in [3.05, 3.63) is 97.6 Å². The predicted octanol–water partition coefficient (Wildman–Crippen LogP) is 6.94. The molecule has 1 amide bonds. The van der Waals surface area contributed by atoms with Gasteiger partial charge in [-0.25, -0.2) is 9.18 Å². The van der Waals surface area contributed by atoms with Crippen molar-refractivity contribution in [2.45, 2.75) is 12.6 Å². The van der Waals surface area contributed by atoms with Gasteiger partial charge in [0.05, 0.1) is 28.6 Å². The van der Waals surface area contributed by atoms with Crippen LogP contribution in [0.15, 0.2) is 70.0 Å². The van der Waals surface area contributed by atoms with Crippen LogP contribution in [-0.2, 0) is 20.9 Å². The van der Waals surface area contributed by atoms with E-state index in [4.69, 9.17) is 38.0 Å². The lowest BCUT2D eigenvalue weighted by molar-refractivity contribution is -0.148. The van der Waals surface area contributed by atoms with Crippen LogP contribution in [0.4, 0.5) is 4.39 Å². The maximum absolute atomic E-state index is 14.2. The van der Waals surface area contributed by atoms with Gasteiger partial charge in [0, 0.05) is 5.56 Å². The standard InChI is InChI=1S/C27H20BrClFNO5S2/c1-34-21-12-15(11-18(28)24(21)36-14-17-19(29)9-6-10-20(17)30)13-22-25(32)31(27(37)38-22)23(26(33)35-2)16-7-4-3-5-8-16/h3-13,23H,14H2,1-2H3/b22-13+. The fourth-order valence-corrected chi connectivity index (χ4v) is 5.87. The minimum Gasteiger partial charge on any atom is -0.493 e. The largest absolute Gasteiger partial charge is 0.493 e. The summed E-state index contributed by atoms with van der Waals surface area (Å²) in [7, 11) is 2.73. The summed E-state index contributed by atoms with van der Waals surface area (Å²) < 4.78 is 31.2. The van der Waals surface area contributed by atoms with Crippen LogP contribution in [0.5, 0.6) is 11.5 Å². The highest BCUT2D eigenvalue weighted by Crippen LogP contribution is 2.42. The van der Waals surface area contributed by atoms with E-state index in [1.165, 1.54) is 31.3 Å². The van der Waals surface area contributed by atoms with Crippen LogP contribution in [0.1, 0.15) is 22.7 Å². The SMILES string of the molecule is COC(=O)C(c1ccccc1)N1C(=O)/C(=C\c2cc(Br)c(OCc3c(F)cccc3Cl)c(OC)c2)SC1=S. The second kappa shape index (κ2) is 12.3. The lowest BCUT2D eigenvalue weighted by Crippen LogP contribution is -2.37. The molecule has 0 aliphatic carbocycles. The molecule has 3 aromatic carbocycles. The van der Waals surface area contributed by atoms with Crippen molar-refractivity contribution in [2.24, 2.45) is 0 Å². The summed E-state index contributed by atoms with van der Waals surface area (Å²) in [5.74, 6) is -0.817. The van der Waals surface area contributed by atoms with E-state index in [2.05, 4.69) is 15.9 Å². The summed E-state index contributed by atoms with van der Waals surface area (Å²) in [4.78, 5) is 27.6. The predicted molar refractivity (Wildman–Crippen MR) is 153 cm³/mol. The highest BCUT2D eigenvalue weighted by atomic mass is 79.9. The minimum atomic E-state index is -1.01. The minimum absolute atomic E-state index is 0.118. The Hall–Kier alpha value is -2.92. The number of methoxy groups -OCH3 is 2. The smallest absolute Gasteiger partial charge is 0.333 e. The number of benzene rings is 3. The average Bonchev–Trinajstić information content (AvgIpc) is 3.17. The molecule has 196 valence electrons. The van der Waals surface area contributed by atoms with Crippen molar-refractivity contribution in [1.29, 1.82) is 0 Å². The Balaban J connectivity index is 1.62. The first-order valence-electron chi connectivity index (χ1n) is 11.1. The molecule has 1 aliphatic rings. The summed E-state index contributed by atoms with van der Waals surface area (Å²) in [6.07, 6.45) is 1.64. The van der Waals surface area contributed by atoms with E-state index in [0.717, 1.165) is 11.8 Å². The van der Waals surface area contributed by atoms with Gasteiger partial charge in [-0.3, -0.25) is 9.69 Å². The Bertz CT molecular complexity index is 1420. The monoisotopic (exact) mass is 635 g/mol. The molecular weight excluding hydrogens is 617 g/mol. The number of ether oxygens (including phenoxy) is 3. The third-order valence-corrected chi connectivity index (χ3v) is 7.87. The third-order valence-electron chi connectivity index (χ3n) is 5.59. The first-order valence-corrected chi connectivity index (χ1v) is 13.5. The van der Waals surface area contributed by atoms with Crippen molar-refractivity contribution in [1.82, 2.24) is 4.90 Å². The number of nitrogens with zero attached hydrogens (tertiary/aromatic N) is 1. The first kappa shape index (κ1) is 28.1. The van der Waals surface area contributed by atoms with Crippen LogP contribution in [-0.4, -0.2) is 35.3 Å². The molecule has 0 bridgehead atoms. The molecular formula is C27H20BrClFNO5S2. The molecule has 0 aromatic heterocycles. The molecule has 1 heterocycles. The van der Waals surface area contributed by atoms with Gasteiger partial charge in [0.15, 0.2) is 17.5 Å². The van der Waals surface area contributed by atoms with Crippen LogP contribution in [0.25, 0.3) is 6.08 Å². The highest BCUT2D eigenvalue weighted by Gasteiger charge is 2.41. The number of rotatable bonds is 8. The summed E-state index contributed by atoms with van der Waals surface area (Å²) in [6, 6.07) is 15.6. The topological polar surface area (TPSA) is 65.1 Å². The van der Waals surface area contributed by atoms with Gasteiger partial charge in [-0.1, -0.05) is 72.0 Å². The zero-order chi connectivity index (χ0) is 27.4. The zero-order valence-corrected chi connectivity index (χ0v) is 24.0. The maximum Gasteiger partial charge on any atom is 0.333 e. The Kier molecular flexibility index (Phi) is 9.09. The van der Waals surface area contributed by atoms with Gasteiger partial charge >= 0.3 is 5.97 Å². The number of esters is 1. The number of carbonyl (C=O) groups is 2. The third kappa shape index (κ3) is 5.88. The van der Waals surface area contributed by atoms with E-state index in [0.29, 0.717) is 32.0 Å². The zero-order valence-electron chi connectivity index (χ0n) is 20.1. The van der Waals surface area contributed by atoms with E-state index in [1.54, 1.807) is 48.5 Å². The van der Waals surface area contributed by atoms with Crippen LogP contribution >= 0.6 is 51.5 Å². The normalized spacial score (nSPS) is 15.1. The van der Waals surface area contributed by atoms with Crippen molar-refractivity contribution in [3.63, 3.8) is 0 Å². The Labute approximate surface area is 241 Å².